The Morgan fingerprint density at radius 3 is 2.68 bits per heavy atom. The molecule has 0 aliphatic carbocycles. The van der Waals surface area contributed by atoms with Crippen molar-refractivity contribution >= 4 is 39.1 Å². The van der Waals surface area contributed by atoms with Crippen LogP contribution < -0.4 is 5.32 Å². The largest absolute Gasteiger partial charge is 0.411 e. The van der Waals surface area contributed by atoms with E-state index in [1.165, 1.54) is 0 Å². The molecule has 8 heteroatoms. The molecule has 0 saturated carbocycles. The van der Waals surface area contributed by atoms with E-state index in [1.807, 2.05) is 0 Å². The minimum Gasteiger partial charge on any atom is -0.372 e. The van der Waals surface area contributed by atoms with E-state index in [-0.39, 0.29) is 13.0 Å². The lowest BCUT2D eigenvalue weighted by atomic mass is 10.3. The van der Waals surface area contributed by atoms with Gasteiger partial charge in [0.05, 0.1) is 18.7 Å². The van der Waals surface area contributed by atoms with Gasteiger partial charge in [-0.1, -0.05) is 11.6 Å². The van der Waals surface area contributed by atoms with Gasteiger partial charge in [-0.3, -0.25) is 4.79 Å². The highest BCUT2D eigenvalue weighted by Gasteiger charge is 2.27. The van der Waals surface area contributed by atoms with Gasteiger partial charge in [-0.05, 0) is 34.1 Å². The summed E-state index contributed by atoms with van der Waals surface area (Å²) in [7, 11) is 0. The summed E-state index contributed by atoms with van der Waals surface area (Å²) in [6.07, 6.45) is -4.54. The molecule has 1 rings (SSSR count). The van der Waals surface area contributed by atoms with Crippen molar-refractivity contribution in [3.05, 3.63) is 27.7 Å². The molecule has 0 fully saturated rings. The van der Waals surface area contributed by atoms with Gasteiger partial charge in [-0.25, -0.2) is 0 Å². The van der Waals surface area contributed by atoms with Gasteiger partial charge in [-0.2, -0.15) is 13.2 Å². The van der Waals surface area contributed by atoms with Crippen LogP contribution in [0.15, 0.2) is 22.7 Å². The van der Waals surface area contributed by atoms with Crippen LogP contribution in [0.2, 0.25) is 5.02 Å². The monoisotopic (exact) mass is 359 g/mol. The maximum Gasteiger partial charge on any atom is 0.411 e. The Labute approximate surface area is 121 Å². The third kappa shape index (κ3) is 6.79. The van der Waals surface area contributed by atoms with E-state index in [1.54, 1.807) is 18.2 Å². The highest BCUT2D eigenvalue weighted by Crippen LogP contribution is 2.25. The van der Waals surface area contributed by atoms with Crippen molar-refractivity contribution in [1.29, 1.82) is 0 Å². The van der Waals surface area contributed by atoms with E-state index < -0.39 is 18.7 Å². The van der Waals surface area contributed by atoms with Crippen LogP contribution >= 0.6 is 27.5 Å². The van der Waals surface area contributed by atoms with Crippen LogP contribution in [0.1, 0.15) is 6.42 Å². The van der Waals surface area contributed by atoms with E-state index in [0.29, 0.717) is 15.2 Å². The Hall–Kier alpha value is -0.790. The third-order valence-corrected chi connectivity index (χ3v) is 2.84. The Kier molecular flexibility index (Phi) is 6.09. The van der Waals surface area contributed by atoms with Crippen molar-refractivity contribution < 1.29 is 22.7 Å². The summed E-state index contributed by atoms with van der Waals surface area (Å²) < 4.78 is 40.2. The number of carbonyl (C=O) groups is 1. The molecule has 0 aromatic heterocycles. The quantitative estimate of drug-likeness (QED) is 0.806. The third-order valence-electron chi connectivity index (χ3n) is 1.94. The molecule has 0 radical (unpaired) electrons. The number of amides is 1. The molecule has 1 aromatic carbocycles. The maximum absolute atomic E-state index is 11.8. The molecule has 0 atom stereocenters. The minimum absolute atomic E-state index is 0.162. The van der Waals surface area contributed by atoms with Gasteiger partial charge < -0.3 is 10.1 Å². The van der Waals surface area contributed by atoms with E-state index in [4.69, 9.17) is 11.6 Å². The van der Waals surface area contributed by atoms with Crippen molar-refractivity contribution in [2.75, 3.05) is 18.5 Å². The first-order valence-electron chi connectivity index (χ1n) is 5.17. The normalized spacial score (nSPS) is 11.4. The molecule has 1 amide bonds. The summed E-state index contributed by atoms with van der Waals surface area (Å²) in [6, 6.07) is 4.76. The van der Waals surface area contributed by atoms with Crippen molar-refractivity contribution in [3.63, 3.8) is 0 Å². The SMILES string of the molecule is O=C(CCOCC(F)(F)F)Nc1ccc(Cl)cc1Br. The first-order valence-corrected chi connectivity index (χ1v) is 6.34. The summed E-state index contributed by atoms with van der Waals surface area (Å²) in [5, 5.41) is 3.03. The maximum atomic E-state index is 11.8. The number of ether oxygens (including phenoxy) is 1. The molecule has 1 N–H and O–H groups in total. The number of anilines is 1. The van der Waals surface area contributed by atoms with Gasteiger partial charge in [0.1, 0.15) is 6.61 Å². The molecule has 0 saturated heterocycles. The Bertz CT molecular complexity index is 454. The van der Waals surface area contributed by atoms with E-state index >= 15 is 0 Å². The molecular weight excluding hydrogens is 350 g/mol. The van der Waals surface area contributed by atoms with E-state index in [0.717, 1.165) is 0 Å². The van der Waals surface area contributed by atoms with Gasteiger partial charge >= 0.3 is 6.18 Å². The van der Waals surface area contributed by atoms with Crippen LogP contribution in [-0.2, 0) is 9.53 Å². The highest BCUT2D eigenvalue weighted by molar-refractivity contribution is 9.10. The second-order valence-corrected chi connectivity index (χ2v) is 4.88. The lowest BCUT2D eigenvalue weighted by Gasteiger charge is -2.09. The molecule has 19 heavy (non-hydrogen) atoms. The lowest BCUT2D eigenvalue weighted by Crippen LogP contribution is -2.20. The fourth-order valence-corrected chi connectivity index (χ4v) is 1.94. The summed E-state index contributed by atoms with van der Waals surface area (Å²) >= 11 is 8.93. The lowest BCUT2D eigenvalue weighted by molar-refractivity contribution is -0.174. The average molecular weight is 361 g/mol. The second-order valence-electron chi connectivity index (χ2n) is 3.59. The topological polar surface area (TPSA) is 38.3 Å². The zero-order valence-corrected chi connectivity index (χ0v) is 11.9. The first-order chi connectivity index (χ1) is 8.78. The minimum atomic E-state index is -4.38. The number of halogens is 5. The summed E-state index contributed by atoms with van der Waals surface area (Å²) in [5.74, 6) is -0.440. The molecule has 0 aliphatic rings. The van der Waals surface area contributed by atoms with Crippen molar-refractivity contribution in [3.8, 4) is 0 Å². The number of nitrogens with one attached hydrogen (secondary N) is 1. The number of alkyl halides is 3. The molecule has 3 nitrogen and oxygen atoms in total. The average Bonchev–Trinajstić information content (AvgIpc) is 2.27. The molecular formula is C11H10BrClF3NO2. The van der Waals surface area contributed by atoms with Gasteiger partial charge in [-0.15, -0.1) is 0 Å². The van der Waals surface area contributed by atoms with Crippen LogP contribution in [0.25, 0.3) is 0 Å². The van der Waals surface area contributed by atoms with Gasteiger partial charge in [0.15, 0.2) is 0 Å². The van der Waals surface area contributed by atoms with E-state index in [2.05, 4.69) is 26.0 Å². The zero-order chi connectivity index (χ0) is 14.5. The van der Waals surface area contributed by atoms with Gasteiger partial charge in [0.25, 0.3) is 0 Å². The predicted octanol–water partition coefficient (Wildman–Crippen LogP) is 4.01. The molecule has 106 valence electrons. The Morgan fingerprint density at radius 2 is 2.11 bits per heavy atom. The van der Waals surface area contributed by atoms with Crippen LogP contribution in [-0.4, -0.2) is 25.3 Å². The zero-order valence-electron chi connectivity index (χ0n) is 9.56. The van der Waals surface area contributed by atoms with Crippen LogP contribution in [0.3, 0.4) is 0 Å². The van der Waals surface area contributed by atoms with Crippen molar-refractivity contribution in [1.82, 2.24) is 0 Å². The fourth-order valence-electron chi connectivity index (χ4n) is 1.16. The molecule has 0 unspecified atom stereocenters. The second kappa shape index (κ2) is 7.12. The summed E-state index contributed by atoms with van der Waals surface area (Å²) in [4.78, 5) is 11.4. The van der Waals surface area contributed by atoms with Crippen LogP contribution in [0.5, 0.6) is 0 Å². The van der Waals surface area contributed by atoms with Crippen LogP contribution in [0, 0.1) is 0 Å². The molecule has 0 bridgehead atoms. The number of hydrogen-bond acceptors (Lipinski definition) is 2. The molecule has 1 aromatic rings. The Morgan fingerprint density at radius 1 is 1.42 bits per heavy atom. The van der Waals surface area contributed by atoms with Crippen molar-refractivity contribution in [2.24, 2.45) is 0 Å². The number of benzene rings is 1. The van der Waals surface area contributed by atoms with Crippen molar-refractivity contribution in [2.45, 2.75) is 12.6 Å². The molecule has 0 aliphatic heterocycles. The number of hydrogen-bond donors (Lipinski definition) is 1. The van der Waals surface area contributed by atoms with Crippen LogP contribution in [0.4, 0.5) is 18.9 Å². The summed E-state index contributed by atoms with van der Waals surface area (Å²) in [5.41, 5.74) is 0.491. The van der Waals surface area contributed by atoms with E-state index in [9.17, 15) is 18.0 Å². The fraction of sp³-hybridized carbons (Fsp3) is 0.364. The standard InChI is InChI=1S/C11H10BrClF3NO2/c12-8-5-7(13)1-2-9(8)17-10(18)3-4-19-6-11(14,15)16/h1-2,5H,3-4,6H2,(H,17,18). The first kappa shape index (κ1) is 16.3. The highest BCUT2D eigenvalue weighted by atomic mass is 79.9. The number of rotatable bonds is 5. The molecule has 0 heterocycles. The smallest absolute Gasteiger partial charge is 0.372 e. The van der Waals surface area contributed by atoms with Gasteiger partial charge in [0.2, 0.25) is 5.91 Å². The summed E-state index contributed by atoms with van der Waals surface area (Å²) in [6.45, 7) is -1.65. The number of carbonyl (C=O) groups excluding carboxylic acids is 1. The van der Waals surface area contributed by atoms with Gasteiger partial charge in [0, 0.05) is 9.50 Å². The predicted molar refractivity (Wildman–Crippen MR) is 69.3 cm³/mol. The molecule has 0 spiro atoms. The Balaban J connectivity index is 2.35.